The second-order valence-corrected chi connectivity index (χ2v) is 6.96. The lowest BCUT2D eigenvalue weighted by Crippen LogP contribution is -2.17. The van der Waals surface area contributed by atoms with Crippen molar-refractivity contribution in [1.82, 2.24) is 0 Å². The third-order valence-electron chi connectivity index (χ3n) is 4.29. The summed E-state index contributed by atoms with van der Waals surface area (Å²) in [6, 6.07) is 3.87. The summed E-state index contributed by atoms with van der Waals surface area (Å²) >= 11 is 0. The van der Waals surface area contributed by atoms with Crippen LogP contribution in [0.15, 0.2) is 51.1 Å². The average Bonchev–Trinajstić information content (AvgIpc) is 3.00. The first-order chi connectivity index (χ1) is 9.89. The van der Waals surface area contributed by atoms with Crippen molar-refractivity contribution in [2.75, 3.05) is 0 Å². The molecule has 1 atom stereocenters. The zero-order chi connectivity index (χ0) is 15.5. The van der Waals surface area contributed by atoms with E-state index in [1.54, 1.807) is 17.4 Å². The maximum Gasteiger partial charge on any atom is 0.125 e. The van der Waals surface area contributed by atoms with Gasteiger partial charge >= 0.3 is 0 Å². The van der Waals surface area contributed by atoms with Gasteiger partial charge in [0.1, 0.15) is 5.76 Å². The lowest BCUT2D eigenvalue weighted by atomic mass is 9.80. The molecule has 2 rings (SSSR count). The van der Waals surface area contributed by atoms with Crippen LogP contribution in [0.4, 0.5) is 0 Å². The largest absolute Gasteiger partial charge is 0.467 e. The lowest BCUT2D eigenvalue weighted by Gasteiger charge is -2.25. The minimum atomic E-state index is 0.0707. The van der Waals surface area contributed by atoms with Gasteiger partial charge in [0.2, 0.25) is 0 Å². The molecule has 1 heterocycles. The molecule has 0 saturated carbocycles. The van der Waals surface area contributed by atoms with Crippen LogP contribution in [0.2, 0.25) is 0 Å². The summed E-state index contributed by atoms with van der Waals surface area (Å²) in [7, 11) is 0. The predicted octanol–water partition coefficient (Wildman–Crippen LogP) is 5.57. The van der Waals surface area contributed by atoms with Crippen molar-refractivity contribution in [2.24, 2.45) is 16.3 Å². The van der Waals surface area contributed by atoms with Crippen molar-refractivity contribution >= 4 is 6.21 Å². The minimum absolute atomic E-state index is 0.0707. The Balaban J connectivity index is 2.01. The predicted molar refractivity (Wildman–Crippen MR) is 89.5 cm³/mol. The molecule has 0 N–H and O–H groups in total. The molecule has 21 heavy (non-hydrogen) atoms. The molecule has 0 aromatic carbocycles. The quantitative estimate of drug-likeness (QED) is 0.495. The lowest BCUT2D eigenvalue weighted by molar-refractivity contribution is 0.493. The molecular formula is C19H27NO. The fourth-order valence-electron chi connectivity index (χ4n) is 3.13. The van der Waals surface area contributed by atoms with Crippen molar-refractivity contribution < 1.29 is 4.42 Å². The van der Waals surface area contributed by atoms with E-state index in [9.17, 15) is 0 Å². The molecule has 0 spiro atoms. The van der Waals surface area contributed by atoms with Crippen molar-refractivity contribution in [3.05, 3.63) is 47.5 Å². The molecule has 0 bridgehead atoms. The first kappa shape index (κ1) is 15.8. The first-order valence-electron chi connectivity index (χ1n) is 7.76. The zero-order valence-electron chi connectivity index (χ0n) is 13.8. The van der Waals surface area contributed by atoms with Crippen LogP contribution < -0.4 is 0 Å². The van der Waals surface area contributed by atoms with Crippen molar-refractivity contribution in [1.29, 1.82) is 0 Å². The first-order valence-corrected chi connectivity index (χ1v) is 7.76. The topological polar surface area (TPSA) is 25.5 Å². The fraction of sp³-hybridized carbons (Fsp3) is 0.526. The van der Waals surface area contributed by atoms with Crippen LogP contribution in [0.3, 0.4) is 0 Å². The number of allylic oxidation sites excluding steroid dienone is 3. The zero-order valence-corrected chi connectivity index (χ0v) is 13.8. The summed E-state index contributed by atoms with van der Waals surface area (Å²) in [5.74, 6) is 1.49. The van der Waals surface area contributed by atoms with Crippen molar-refractivity contribution in [3.63, 3.8) is 0 Å². The summed E-state index contributed by atoms with van der Waals surface area (Å²) in [6.45, 7) is 13.7. The number of nitrogens with zero attached hydrogens (tertiary/aromatic N) is 1. The minimum Gasteiger partial charge on any atom is -0.467 e. The summed E-state index contributed by atoms with van der Waals surface area (Å²) in [5, 5.41) is 0. The highest BCUT2D eigenvalue weighted by atomic mass is 16.3. The highest BCUT2D eigenvalue weighted by molar-refractivity contribution is 5.65. The maximum absolute atomic E-state index is 5.31. The Labute approximate surface area is 128 Å². The van der Waals surface area contributed by atoms with Gasteiger partial charge in [-0.15, -0.1) is 0 Å². The molecule has 1 aromatic rings. The SMILES string of the molecule is C=C(C)[C@H]1CCC(C)=C1CC(C)(C)C=NCc1ccco1. The van der Waals surface area contributed by atoms with Crippen LogP contribution in [0.25, 0.3) is 0 Å². The molecule has 0 unspecified atom stereocenters. The van der Waals surface area contributed by atoms with Gasteiger partial charge in [-0.25, -0.2) is 0 Å². The number of furan rings is 1. The molecule has 0 radical (unpaired) electrons. The monoisotopic (exact) mass is 285 g/mol. The van der Waals surface area contributed by atoms with Crippen LogP contribution in [-0.4, -0.2) is 6.21 Å². The number of hydrogen-bond donors (Lipinski definition) is 0. The smallest absolute Gasteiger partial charge is 0.125 e. The Morgan fingerprint density at radius 1 is 1.52 bits per heavy atom. The summed E-state index contributed by atoms with van der Waals surface area (Å²) in [4.78, 5) is 4.56. The normalized spacial score (nSPS) is 19.7. The molecule has 1 aliphatic carbocycles. The maximum atomic E-state index is 5.31. The molecule has 1 aromatic heterocycles. The number of rotatable bonds is 6. The van der Waals surface area contributed by atoms with Gasteiger partial charge in [0.25, 0.3) is 0 Å². The van der Waals surface area contributed by atoms with Crippen LogP contribution >= 0.6 is 0 Å². The van der Waals surface area contributed by atoms with E-state index < -0.39 is 0 Å². The second-order valence-electron chi connectivity index (χ2n) is 6.96. The standard InChI is InChI=1S/C19H27NO/c1-14(2)17-9-8-15(3)18(17)11-19(4,5)13-20-12-16-7-6-10-21-16/h6-7,10,13,17H,1,8-9,11-12H2,2-5H3/t17-/m1/s1. The Morgan fingerprint density at radius 3 is 2.90 bits per heavy atom. The Bertz CT molecular complexity index is 546. The molecule has 0 fully saturated rings. The van der Waals surface area contributed by atoms with Gasteiger partial charge in [-0.05, 0) is 45.2 Å². The number of hydrogen-bond acceptors (Lipinski definition) is 2. The molecule has 1 aliphatic rings. The van der Waals surface area contributed by atoms with E-state index in [4.69, 9.17) is 4.42 Å². The van der Waals surface area contributed by atoms with Gasteiger partial charge in [-0.3, -0.25) is 4.99 Å². The summed E-state index contributed by atoms with van der Waals surface area (Å²) in [6.07, 6.45) is 7.30. The Hall–Kier alpha value is -1.57. The molecular weight excluding hydrogens is 258 g/mol. The van der Waals surface area contributed by atoms with E-state index in [2.05, 4.69) is 45.5 Å². The van der Waals surface area contributed by atoms with E-state index in [0.29, 0.717) is 12.5 Å². The van der Waals surface area contributed by atoms with Gasteiger partial charge in [0.15, 0.2) is 0 Å². The Kier molecular flexibility index (Phi) is 4.87. The fourth-order valence-corrected chi connectivity index (χ4v) is 3.13. The summed E-state index contributed by atoms with van der Waals surface area (Å²) < 4.78 is 5.31. The average molecular weight is 285 g/mol. The molecule has 0 amide bonds. The van der Waals surface area contributed by atoms with Crippen LogP contribution in [-0.2, 0) is 6.54 Å². The third kappa shape index (κ3) is 4.20. The molecule has 114 valence electrons. The molecule has 2 heteroatoms. The van der Waals surface area contributed by atoms with E-state index >= 15 is 0 Å². The van der Waals surface area contributed by atoms with Gasteiger partial charge in [0.05, 0.1) is 12.8 Å². The highest BCUT2D eigenvalue weighted by Crippen LogP contribution is 2.41. The van der Waals surface area contributed by atoms with Gasteiger partial charge in [-0.2, -0.15) is 0 Å². The third-order valence-corrected chi connectivity index (χ3v) is 4.29. The van der Waals surface area contributed by atoms with E-state index in [0.717, 1.165) is 12.2 Å². The van der Waals surface area contributed by atoms with Crippen LogP contribution in [0.1, 0.15) is 52.7 Å². The van der Waals surface area contributed by atoms with E-state index in [-0.39, 0.29) is 5.41 Å². The van der Waals surface area contributed by atoms with Gasteiger partial charge < -0.3 is 4.42 Å². The van der Waals surface area contributed by atoms with Crippen LogP contribution in [0, 0.1) is 11.3 Å². The van der Waals surface area contributed by atoms with Crippen LogP contribution in [0.5, 0.6) is 0 Å². The van der Waals surface area contributed by atoms with E-state index in [1.165, 1.54) is 18.4 Å². The van der Waals surface area contributed by atoms with Crippen molar-refractivity contribution in [2.45, 2.75) is 53.5 Å². The Morgan fingerprint density at radius 2 is 2.29 bits per heavy atom. The molecule has 0 aliphatic heterocycles. The number of aliphatic imine (C=N–C) groups is 1. The molecule has 0 saturated heterocycles. The van der Waals surface area contributed by atoms with Gasteiger partial charge in [0, 0.05) is 17.5 Å². The molecule has 2 nitrogen and oxygen atoms in total. The van der Waals surface area contributed by atoms with E-state index in [1.807, 2.05) is 12.1 Å². The summed E-state index contributed by atoms with van der Waals surface area (Å²) in [5.41, 5.74) is 4.50. The van der Waals surface area contributed by atoms with Gasteiger partial charge in [-0.1, -0.05) is 37.1 Å². The highest BCUT2D eigenvalue weighted by Gasteiger charge is 2.28. The second kappa shape index (κ2) is 6.46. The van der Waals surface area contributed by atoms with Crippen molar-refractivity contribution in [3.8, 4) is 0 Å².